The van der Waals surface area contributed by atoms with Gasteiger partial charge in [-0.1, -0.05) is 63.7 Å². The second-order valence-electron chi connectivity index (χ2n) is 8.72. The topological polar surface area (TPSA) is 62.9 Å². The van der Waals surface area contributed by atoms with E-state index in [9.17, 15) is 0 Å². The Labute approximate surface area is 168 Å². The SMILES string of the molecule is C=C1[C@@H](c2ccc(C(C)(C)C)cc2)[C@@](C)(c2ccc(C#N)cc2)NC(=N)N1C. The van der Waals surface area contributed by atoms with Crippen LogP contribution in [0.25, 0.3) is 0 Å². The van der Waals surface area contributed by atoms with Crippen molar-refractivity contribution in [3.05, 3.63) is 83.1 Å². The Morgan fingerprint density at radius 2 is 1.68 bits per heavy atom. The van der Waals surface area contributed by atoms with Crippen LogP contribution < -0.4 is 5.32 Å². The molecule has 1 aliphatic rings. The van der Waals surface area contributed by atoms with Gasteiger partial charge in [0.1, 0.15) is 0 Å². The fourth-order valence-electron chi connectivity index (χ4n) is 3.90. The van der Waals surface area contributed by atoms with E-state index >= 15 is 0 Å². The molecule has 3 rings (SSSR count). The van der Waals surface area contributed by atoms with Crippen LogP contribution in [-0.4, -0.2) is 17.9 Å². The zero-order valence-corrected chi connectivity index (χ0v) is 17.3. The predicted octanol–water partition coefficient (Wildman–Crippen LogP) is 4.84. The third-order valence-electron chi connectivity index (χ3n) is 5.78. The van der Waals surface area contributed by atoms with Gasteiger partial charge in [0.15, 0.2) is 5.96 Å². The Hall–Kier alpha value is -3.06. The van der Waals surface area contributed by atoms with Crippen LogP contribution in [0.3, 0.4) is 0 Å². The van der Waals surface area contributed by atoms with Gasteiger partial charge in [0.25, 0.3) is 0 Å². The van der Waals surface area contributed by atoms with Crippen molar-refractivity contribution in [2.75, 3.05) is 7.05 Å². The maximum Gasteiger partial charge on any atom is 0.195 e. The quantitative estimate of drug-likeness (QED) is 0.793. The van der Waals surface area contributed by atoms with Gasteiger partial charge in [0.2, 0.25) is 0 Å². The number of hydrogen-bond donors (Lipinski definition) is 2. The Bertz CT molecular complexity index is 942. The first-order valence-electron chi connectivity index (χ1n) is 9.48. The first-order chi connectivity index (χ1) is 13.1. The van der Waals surface area contributed by atoms with Crippen molar-refractivity contribution < 1.29 is 0 Å². The highest BCUT2D eigenvalue weighted by atomic mass is 15.3. The lowest BCUT2D eigenvalue weighted by Crippen LogP contribution is -2.58. The van der Waals surface area contributed by atoms with Crippen LogP contribution in [0.2, 0.25) is 0 Å². The number of nitrogens with zero attached hydrogens (tertiary/aromatic N) is 2. The van der Waals surface area contributed by atoms with Gasteiger partial charge in [-0.3, -0.25) is 5.41 Å². The van der Waals surface area contributed by atoms with Gasteiger partial charge in [-0.15, -0.1) is 0 Å². The van der Waals surface area contributed by atoms with Crippen molar-refractivity contribution >= 4 is 5.96 Å². The summed E-state index contributed by atoms with van der Waals surface area (Å²) in [6.07, 6.45) is 0. The second kappa shape index (κ2) is 6.83. The van der Waals surface area contributed by atoms with Crippen LogP contribution in [0.15, 0.2) is 60.8 Å². The van der Waals surface area contributed by atoms with E-state index in [2.05, 4.69) is 69.9 Å². The molecule has 1 heterocycles. The smallest absolute Gasteiger partial charge is 0.195 e. The summed E-state index contributed by atoms with van der Waals surface area (Å²) in [5.74, 6) is 0.271. The van der Waals surface area contributed by atoms with Gasteiger partial charge < -0.3 is 10.2 Å². The molecule has 0 saturated carbocycles. The highest BCUT2D eigenvalue weighted by Crippen LogP contribution is 2.45. The summed E-state index contributed by atoms with van der Waals surface area (Å²) in [5.41, 5.74) is 4.51. The lowest BCUT2D eigenvalue weighted by Gasteiger charge is -2.48. The molecule has 0 aliphatic carbocycles. The van der Waals surface area contributed by atoms with E-state index in [0.29, 0.717) is 11.5 Å². The molecule has 28 heavy (non-hydrogen) atoms. The second-order valence-corrected chi connectivity index (χ2v) is 8.72. The number of benzene rings is 2. The Kier molecular flexibility index (Phi) is 4.81. The predicted molar refractivity (Wildman–Crippen MR) is 114 cm³/mol. The van der Waals surface area contributed by atoms with Crippen molar-refractivity contribution in [3.63, 3.8) is 0 Å². The third kappa shape index (κ3) is 3.29. The largest absolute Gasteiger partial charge is 0.346 e. The lowest BCUT2D eigenvalue weighted by atomic mass is 9.72. The maximum absolute atomic E-state index is 9.12. The summed E-state index contributed by atoms with van der Waals surface area (Å²) in [7, 11) is 1.87. The standard InChI is InChI=1S/C24H28N4/c1-16-21(18-9-13-19(14-10-18)23(2,3)4)24(5,27-22(26)28(16)6)20-11-7-17(15-25)8-12-20/h7-14,21H,1H2,2-6H3,(H2,26,27)/t21-,24+/m0/s1. The van der Waals surface area contributed by atoms with Crippen molar-refractivity contribution in [1.82, 2.24) is 10.2 Å². The molecule has 0 unspecified atom stereocenters. The molecule has 2 aromatic carbocycles. The molecule has 2 atom stereocenters. The number of guanidine groups is 1. The van der Waals surface area contributed by atoms with Gasteiger partial charge >= 0.3 is 0 Å². The molecule has 0 spiro atoms. The van der Waals surface area contributed by atoms with Gasteiger partial charge in [-0.2, -0.15) is 5.26 Å². The first-order valence-corrected chi connectivity index (χ1v) is 9.48. The summed E-state index contributed by atoms with van der Waals surface area (Å²) in [6.45, 7) is 13.0. The van der Waals surface area contributed by atoms with Crippen LogP contribution in [0.5, 0.6) is 0 Å². The molecule has 1 fully saturated rings. The van der Waals surface area contributed by atoms with E-state index in [0.717, 1.165) is 16.8 Å². The number of rotatable bonds is 2. The molecule has 0 amide bonds. The molecule has 0 radical (unpaired) electrons. The lowest BCUT2D eigenvalue weighted by molar-refractivity contribution is 0.292. The summed E-state index contributed by atoms with van der Waals surface area (Å²) in [4.78, 5) is 1.80. The van der Waals surface area contributed by atoms with Crippen molar-refractivity contribution in [3.8, 4) is 6.07 Å². The average Bonchev–Trinajstić information content (AvgIpc) is 2.66. The number of likely N-dealkylation sites (N-methyl/N-ethyl adjacent to an activating group) is 1. The normalized spacial score (nSPS) is 22.6. The van der Waals surface area contributed by atoms with E-state index in [1.54, 1.807) is 4.90 Å². The summed E-state index contributed by atoms with van der Waals surface area (Å²) in [6, 6.07) is 18.5. The van der Waals surface area contributed by atoms with Crippen molar-refractivity contribution in [2.45, 2.75) is 44.6 Å². The molecule has 1 saturated heterocycles. The highest BCUT2D eigenvalue weighted by molar-refractivity contribution is 5.82. The van der Waals surface area contributed by atoms with Gasteiger partial charge in [-0.25, -0.2) is 0 Å². The molecule has 4 heteroatoms. The minimum atomic E-state index is -0.544. The van der Waals surface area contributed by atoms with E-state index in [1.165, 1.54) is 5.56 Å². The molecular weight excluding hydrogens is 344 g/mol. The van der Waals surface area contributed by atoms with E-state index in [4.69, 9.17) is 10.7 Å². The minimum Gasteiger partial charge on any atom is -0.346 e. The molecule has 2 aromatic rings. The number of hydrogen-bond acceptors (Lipinski definition) is 2. The van der Waals surface area contributed by atoms with Gasteiger partial charge in [-0.05, 0) is 41.2 Å². The van der Waals surface area contributed by atoms with Gasteiger partial charge in [0, 0.05) is 12.7 Å². The molecule has 0 bridgehead atoms. The Balaban J connectivity index is 2.11. The number of nitrogens with one attached hydrogen (secondary N) is 2. The van der Waals surface area contributed by atoms with Crippen LogP contribution in [0.1, 0.15) is 55.9 Å². The van der Waals surface area contributed by atoms with Crippen LogP contribution in [-0.2, 0) is 11.0 Å². The zero-order valence-electron chi connectivity index (χ0n) is 17.3. The van der Waals surface area contributed by atoms with Crippen molar-refractivity contribution in [1.29, 1.82) is 10.7 Å². The van der Waals surface area contributed by atoms with Gasteiger partial charge in [0.05, 0.1) is 23.1 Å². The monoisotopic (exact) mass is 372 g/mol. The molecule has 2 N–H and O–H groups in total. The zero-order chi connectivity index (χ0) is 20.7. The molecule has 144 valence electrons. The summed E-state index contributed by atoms with van der Waals surface area (Å²) >= 11 is 0. The number of nitriles is 1. The summed E-state index contributed by atoms with van der Waals surface area (Å²) < 4.78 is 0. The molecule has 1 aliphatic heterocycles. The van der Waals surface area contributed by atoms with E-state index in [-0.39, 0.29) is 11.3 Å². The van der Waals surface area contributed by atoms with E-state index < -0.39 is 5.54 Å². The third-order valence-corrected chi connectivity index (χ3v) is 5.78. The fraction of sp³-hybridized carbons (Fsp3) is 0.333. The Morgan fingerprint density at radius 1 is 1.11 bits per heavy atom. The van der Waals surface area contributed by atoms with Crippen LogP contribution in [0.4, 0.5) is 0 Å². The first kappa shape index (κ1) is 19.7. The molecular formula is C24H28N4. The average molecular weight is 373 g/mol. The summed E-state index contributed by atoms with van der Waals surface area (Å²) in [5, 5.41) is 20.9. The van der Waals surface area contributed by atoms with Crippen LogP contribution >= 0.6 is 0 Å². The van der Waals surface area contributed by atoms with Crippen LogP contribution in [0, 0.1) is 16.7 Å². The Morgan fingerprint density at radius 3 is 2.18 bits per heavy atom. The fourth-order valence-corrected chi connectivity index (χ4v) is 3.90. The minimum absolute atomic E-state index is 0.0476. The van der Waals surface area contributed by atoms with Crippen molar-refractivity contribution in [2.24, 2.45) is 0 Å². The molecule has 4 nitrogen and oxygen atoms in total. The molecule has 0 aromatic heterocycles. The highest BCUT2D eigenvalue weighted by Gasteiger charge is 2.45. The maximum atomic E-state index is 9.12. The van der Waals surface area contributed by atoms with E-state index in [1.807, 2.05) is 31.3 Å².